The van der Waals surface area contributed by atoms with Gasteiger partial charge in [-0.1, -0.05) is 0 Å². The molecule has 0 radical (unpaired) electrons. The number of carboxylic acids is 1. The van der Waals surface area contributed by atoms with E-state index < -0.39 is 16.0 Å². The molecule has 0 aliphatic heterocycles. The Morgan fingerprint density at radius 3 is 2.60 bits per heavy atom. The molecule has 0 aliphatic carbocycles. The van der Waals surface area contributed by atoms with Crippen molar-refractivity contribution >= 4 is 33.0 Å². The van der Waals surface area contributed by atoms with E-state index in [2.05, 4.69) is 9.71 Å². The molecule has 2 heterocycles. The summed E-state index contributed by atoms with van der Waals surface area (Å²) < 4.78 is 26.8. The van der Waals surface area contributed by atoms with Gasteiger partial charge in [0.05, 0.1) is 5.69 Å². The van der Waals surface area contributed by atoms with Crippen LogP contribution in [0, 0.1) is 13.8 Å². The van der Waals surface area contributed by atoms with Crippen LogP contribution in [0.1, 0.15) is 20.9 Å². The molecule has 2 aromatic heterocycles. The van der Waals surface area contributed by atoms with Gasteiger partial charge < -0.3 is 5.11 Å². The highest BCUT2D eigenvalue weighted by atomic mass is 32.2. The van der Waals surface area contributed by atoms with E-state index in [0.29, 0.717) is 16.9 Å². The lowest BCUT2D eigenvalue weighted by molar-refractivity contribution is 0.0701. The van der Waals surface area contributed by atoms with Gasteiger partial charge in [0.2, 0.25) is 0 Å². The van der Waals surface area contributed by atoms with E-state index in [0.717, 1.165) is 11.3 Å². The van der Waals surface area contributed by atoms with E-state index in [1.165, 1.54) is 18.3 Å². The Morgan fingerprint density at radius 1 is 1.35 bits per heavy atom. The molecule has 8 heteroatoms. The third-order valence-electron chi connectivity index (χ3n) is 2.50. The molecule has 0 bridgehead atoms. The fraction of sp³-hybridized carbons (Fsp3) is 0.167. The molecule has 2 aromatic rings. The number of anilines is 1. The number of carboxylic acid groups (broad SMARTS) is 1. The number of nitrogens with zero attached hydrogens (tertiary/aromatic N) is 1. The van der Waals surface area contributed by atoms with E-state index in [-0.39, 0.29) is 9.09 Å². The first-order chi connectivity index (χ1) is 9.29. The Labute approximate surface area is 120 Å². The summed E-state index contributed by atoms with van der Waals surface area (Å²) in [6, 6.07) is 4.48. The van der Waals surface area contributed by atoms with Crippen LogP contribution in [0.2, 0.25) is 0 Å². The Hall–Kier alpha value is -1.93. The van der Waals surface area contributed by atoms with Gasteiger partial charge in [-0.25, -0.2) is 13.2 Å². The summed E-state index contributed by atoms with van der Waals surface area (Å²) in [4.78, 5) is 15.0. The van der Waals surface area contributed by atoms with Crippen molar-refractivity contribution in [1.29, 1.82) is 0 Å². The maximum atomic E-state index is 12.2. The first-order valence-electron chi connectivity index (χ1n) is 5.59. The quantitative estimate of drug-likeness (QED) is 0.902. The number of aromatic carboxylic acids is 1. The minimum atomic E-state index is -3.79. The first-order valence-corrected chi connectivity index (χ1v) is 7.89. The molecule has 2 rings (SSSR count). The van der Waals surface area contributed by atoms with Crippen molar-refractivity contribution in [3.05, 3.63) is 40.5 Å². The molecule has 20 heavy (non-hydrogen) atoms. The summed E-state index contributed by atoms with van der Waals surface area (Å²) in [6.07, 6.45) is 1.50. The number of pyridine rings is 1. The minimum absolute atomic E-state index is 0.0243. The summed E-state index contributed by atoms with van der Waals surface area (Å²) in [5.74, 6) is -1.13. The van der Waals surface area contributed by atoms with Crippen molar-refractivity contribution < 1.29 is 18.3 Å². The van der Waals surface area contributed by atoms with E-state index in [4.69, 9.17) is 5.11 Å². The van der Waals surface area contributed by atoms with E-state index in [1.807, 2.05) is 0 Å². The molecule has 0 unspecified atom stereocenters. The second-order valence-corrected chi connectivity index (χ2v) is 7.14. The number of thiophene rings is 1. The van der Waals surface area contributed by atoms with Crippen LogP contribution in [0.4, 0.5) is 5.69 Å². The zero-order chi connectivity index (χ0) is 14.9. The van der Waals surface area contributed by atoms with Gasteiger partial charge in [0, 0.05) is 11.9 Å². The number of aryl methyl sites for hydroxylation is 2. The summed E-state index contributed by atoms with van der Waals surface area (Å²) >= 11 is 0.732. The fourth-order valence-electron chi connectivity index (χ4n) is 1.61. The normalized spacial score (nSPS) is 11.3. The summed E-state index contributed by atoms with van der Waals surface area (Å²) in [5, 5.41) is 8.96. The van der Waals surface area contributed by atoms with Gasteiger partial charge in [0.25, 0.3) is 10.0 Å². The molecule has 0 spiro atoms. The number of hydrogen-bond acceptors (Lipinski definition) is 5. The second kappa shape index (κ2) is 5.22. The van der Waals surface area contributed by atoms with Gasteiger partial charge in [-0.05, 0) is 37.6 Å². The third kappa shape index (κ3) is 2.97. The third-order valence-corrected chi connectivity index (χ3v) is 5.58. The SMILES string of the molecule is Cc1cc(NS(=O)(=O)c2cc(C)c(C(=O)O)s2)ccn1. The monoisotopic (exact) mass is 312 g/mol. The predicted molar refractivity (Wildman–Crippen MR) is 75.8 cm³/mol. The topological polar surface area (TPSA) is 96.4 Å². The van der Waals surface area contributed by atoms with Crippen molar-refractivity contribution in [2.75, 3.05) is 4.72 Å². The molecule has 0 atom stereocenters. The van der Waals surface area contributed by atoms with Crippen LogP contribution < -0.4 is 4.72 Å². The second-order valence-electron chi connectivity index (χ2n) is 4.17. The average Bonchev–Trinajstić information content (AvgIpc) is 2.71. The zero-order valence-corrected chi connectivity index (χ0v) is 12.4. The van der Waals surface area contributed by atoms with Crippen LogP contribution in [0.25, 0.3) is 0 Å². The molecular weight excluding hydrogens is 300 g/mol. The van der Waals surface area contributed by atoms with Gasteiger partial charge in [-0.3, -0.25) is 9.71 Å². The van der Waals surface area contributed by atoms with Crippen LogP contribution in [-0.4, -0.2) is 24.5 Å². The minimum Gasteiger partial charge on any atom is -0.477 e. The molecule has 0 fully saturated rings. The lowest BCUT2D eigenvalue weighted by Crippen LogP contribution is -2.11. The van der Waals surface area contributed by atoms with Gasteiger partial charge >= 0.3 is 5.97 Å². The maximum absolute atomic E-state index is 12.2. The highest BCUT2D eigenvalue weighted by Gasteiger charge is 2.21. The van der Waals surface area contributed by atoms with Gasteiger partial charge in [0.1, 0.15) is 9.09 Å². The summed E-state index contributed by atoms with van der Waals surface area (Å²) in [5.41, 5.74) is 1.49. The number of carbonyl (C=O) groups is 1. The van der Waals surface area contributed by atoms with Crippen molar-refractivity contribution in [3.63, 3.8) is 0 Å². The van der Waals surface area contributed by atoms with Crippen LogP contribution in [-0.2, 0) is 10.0 Å². The molecule has 0 saturated carbocycles. The number of sulfonamides is 1. The number of aromatic nitrogens is 1. The Morgan fingerprint density at radius 2 is 2.05 bits per heavy atom. The fourth-order valence-corrected chi connectivity index (χ4v) is 4.04. The van der Waals surface area contributed by atoms with Crippen molar-refractivity contribution in [2.24, 2.45) is 0 Å². The lowest BCUT2D eigenvalue weighted by Gasteiger charge is -2.06. The van der Waals surface area contributed by atoms with E-state index >= 15 is 0 Å². The number of nitrogens with one attached hydrogen (secondary N) is 1. The molecular formula is C12H12N2O4S2. The van der Waals surface area contributed by atoms with Crippen LogP contribution in [0.3, 0.4) is 0 Å². The Balaban J connectivity index is 2.36. The van der Waals surface area contributed by atoms with Crippen LogP contribution in [0.15, 0.2) is 28.6 Å². The average molecular weight is 312 g/mol. The standard InChI is InChI=1S/C12H12N2O4S2/c1-7-5-10(19-11(7)12(15)16)20(17,18)14-9-3-4-13-8(2)6-9/h3-6H,1-2H3,(H,13,14)(H,15,16). The molecule has 0 amide bonds. The Kier molecular flexibility index (Phi) is 3.78. The van der Waals surface area contributed by atoms with Crippen LogP contribution in [0.5, 0.6) is 0 Å². The zero-order valence-electron chi connectivity index (χ0n) is 10.7. The maximum Gasteiger partial charge on any atom is 0.346 e. The van der Waals surface area contributed by atoms with Gasteiger partial charge in [-0.15, -0.1) is 11.3 Å². The summed E-state index contributed by atoms with van der Waals surface area (Å²) in [7, 11) is -3.79. The van der Waals surface area contributed by atoms with Crippen molar-refractivity contribution in [2.45, 2.75) is 18.1 Å². The molecule has 0 saturated heterocycles. The smallest absolute Gasteiger partial charge is 0.346 e. The van der Waals surface area contributed by atoms with Gasteiger partial charge in [0.15, 0.2) is 0 Å². The molecule has 6 nitrogen and oxygen atoms in total. The van der Waals surface area contributed by atoms with Gasteiger partial charge in [-0.2, -0.15) is 0 Å². The predicted octanol–water partition coefficient (Wildman–Crippen LogP) is 2.26. The van der Waals surface area contributed by atoms with E-state index in [1.54, 1.807) is 19.9 Å². The summed E-state index contributed by atoms with van der Waals surface area (Å²) in [6.45, 7) is 3.31. The van der Waals surface area contributed by atoms with Crippen molar-refractivity contribution in [1.82, 2.24) is 4.98 Å². The molecule has 2 N–H and O–H groups in total. The molecule has 106 valence electrons. The molecule has 0 aliphatic rings. The Bertz CT molecular complexity index is 766. The largest absolute Gasteiger partial charge is 0.477 e. The molecule has 0 aromatic carbocycles. The number of rotatable bonds is 4. The van der Waals surface area contributed by atoms with Crippen LogP contribution >= 0.6 is 11.3 Å². The number of hydrogen-bond donors (Lipinski definition) is 2. The highest BCUT2D eigenvalue weighted by Crippen LogP contribution is 2.27. The van der Waals surface area contributed by atoms with Crippen molar-refractivity contribution in [3.8, 4) is 0 Å². The highest BCUT2D eigenvalue weighted by molar-refractivity contribution is 7.94. The lowest BCUT2D eigenvalue weighted by atomic mass is 10.3. The van der Waals surface area contributed by atoms with E-state index in [9.17, 15) is 13.2 Å². The first kappa shape index (κ1) is 14.5.